The number of piperidine rings is 1. The van der Waals surface area contributed by atoms with Gasteiger partial charge in [-0.2, -0.15) is 17.0 Å². The molecule has 0 bridgehead atoms. The fourth-order valence-electron chi connectivity index (χ4n) is 3.46. The van der Waals surface area contributed by atoms with Gasteiger partial charge < -0.3 is 9.80 Å². The normalized spacial score (nSPS) is 23.3. The molecule has 2 saturated heterocycles. The van der Waals surface area contributed by atoms with Crippen LogP contribution in [-0.2, 0) is 10.2 Å². The van der Waals surface area contributed by atoms with Gasteiger partial charge in [0, 0.05) is 52.9 Å². The largest absolute Gasteiger partial charge is 0.352 e. The first-order valence-electron chi connectivity index (χ1n) is 8.92. The first-order valence-corrected chi connectivity index (χ1v) is 10.3. The standard InChI is InChI=1S/C16H28N6O2S/c1-14-6-4-5-9-22(14)16-8-7-15(17-18-16)20-10-12-21(13-11-20)25(23,24)19(2)3/h7-8,14H,4-6,9-13H2,1-3H3. The summed E-state index contributed by atoms with van der Waals surface area (Å²) in [6.45, 7) is 5.46. The van der Waals surface area contributed by atoms with E-state index in [2.05, 4.69) is 26.9 Å². The Morgan fingerprint density at radius 3 is 2.20 bits per heavy atom. The van der Waals surface area contributed by atoms with E-state index < -0.39 is 10.2 Å². The zero-order chi connectivity index (χ0) is 18.0. The number of piperazine rings is 1. The summed E-state index contributed by atoms with van der Waals surface area (Å²) in [5.41, 5.74) is 0. The first kappa shape index (κ1) is 18.3. The molecule has 3 rings (SSSR count). The molecule has 3 heterocycles. The highest BCUT2D eigenvalue weighted by Gasteiger charge is 2.29. The Bertz CT molecular complexity index is 670. The van der Waals surface area contributed by atoms with Crippen molar-refractivity contribution in [2.45, 2.75) is 32.2 Å². The minimum atomic E-state index is -3.34. The van der Waals surface area contributed by atoms with Gasteiger partial charge in [0.1, 0.15) is 0 Å². The zero-order valence-corrected chi connectivity index (χ0v) is 16.1. The van der Waals surface area contributed by atoms with Gasteiger partial charge in [0.15, 0.2) is 11.6 Å². The lowest BCUT2D eigenvalue weighted by Crippen LogP contribution is -2.52. The molecular formula is C16H28N6O2S. The average molecular weight is 369 g/mol. The van der Waals surface area contributed by atoms with Crippen molar-refractivity contribution in [2.24, 2.45) is 0 Å². The molecule has 8 nitrogen and oxygen atoms in total. The lowest BCUT2D eigenvalue weighted by Gasteiger charge is -2.36. The third-order valence-electron chi connectivity index (χ3n) is 5.08. The Morgan fingerprint density at radius 2 is 1.64 bits per heavy atom. The minimum Gasteiger partial charge on any atom is -0.352 e. The summed E-state index contributed by atoms with van der Waals surface area (Å²) in [4.78, 5) is 4.42. The Hall–Kier alpha value is -1.45. The molecule has 2 fully saturated rings. The van der Waals surface area contributed by atoms with E-state index in [9.17, 15) is 8.42 Å². The number of hydrogen-bond acceptors (Lipinski definition) is 6. The van der Waals surface area contributed by atoms with Crippen molar-refractivity contribution in [3.63, 3.8) is 0 Å². The molecule has 140 valence electrons. The van der Waals surface area contributed by atoms with Crippen molar-refractivity contribution in [1.29, 1.82) is 0 Å². The summed E-state index contributed by atoms with van der Waals surface area (Å²) >= 11 is 0. The fraction of sp³-hybridized carbons (Fsp3) is 0.750. The van der Waals surface area contributed by atoms with Gasteiger partial charge in [-0.15, -0.1) is 10.2 Å². The number of nitrogens with zero attached hydrogens (tertiary/aromatic N) is 6. The third-order valence-corrected chi connectivity index (χ3v) is 7.02. The first-order chi connectivity index (χ1) is 11.9. The van der Waals surface area contributed by atoms with Gasteiger partial charge in [-0.1, -0.05) is 0 Å². The highest BCUT2D eigenvalue weighted by atomic mass is 32.2. The maximum absolute atomic E-state index is 12.2. The Balaban J connectivity index is 1.62. The van der Waals surface area contributed by atoms with Crippen LogP contribution >= 0.6 is 0 Å². The van der Waals surface area contributed by atoms with Gasteiger partial charge in [-0.3, -0.25) is 0 Å². The van der Waals surface area contributed by atoms with E-state index in [1.165, 1.54) is 27.9 Å². The Labute approximate surface area is 150 Å². The van der Waals surface area contributed by atoms with Crippen molar-refractivity contribution in [1.82, 2.24) is 18.8 Å². The molecule has 1 unspecified atom stereocenters. The molecule has 1 aromatic rings. The highest BCUT2D eigenvalue weighted by molar-refractivity contribution is 7.86. The Morgan fingerprint density at radius 1 is 1.00 bits per heavy atom. The third kappa shape index (κ3) is 3.88. The van der Waals surface area contributed by atoms with E-state index in [1.54, 1.807) is 14.1 Å². The summed E-state index contributed by atoms with van der Waals surface area (Å²) in [5.74, 6) is 1.75. The molecule has 0 N–H and O–H groups in total. The van der Waals surface area contributed by atoms with Crippen molar-refractivity contribution >= 4 is 21.8 Å². The second kappa shape index (κ2) is 7.43. The van der Waals surface area contributed by atoms with Crippen molar-refractivity contribution in [3.8, 4) is 0 Å². The van der Waals surface area contributed by atoms with E-state index in [-0.39, 0.29) is 0 Å². The number of anilines is 2. The van der Waals surface area contributed by atoms with Crippen LogP contribution in [0.15, 0.2) is 12.1 Å². The molecule has 0 amide bonds. The molecule has 2 aliphatic rings. The van der Waals surface area contributed by atoms with Crippen LogP contribution in [0.2, 0.25) is 0 Å². The van der Waals surface area contributed by atoms with Gasteiger partial charge in [-0.05, 0) is 38.3 Å². The van der Waals surface area contributed by atoms with Gasteiger partial charge in [0.05, 0.1) is 0 Å². The predicted octanol–water partition coefficient (Wildman–Crippen LogP) is 0.784. The van der Waals surface area contributed by atoms with Crippen molar-refractivity contribution in [2.75, 3.05) is 56.6 Å². The summed E-state index contributed by atoms with van der Waals surface area (Å²) < 4.78 is 27.1. The smallest absolute Gasteiger partial charge is 0.281 e. The monoisotopic (exact) mass is 368 g/mol. The van der Waals surface area contributed by atoms with E-state index >= 15 is 0 Å². The molecule has 1 aromatic heterocycles. The zero-order valence-electron chi connectivity index (χ0n) is 15.3. The topological polar surface area (TPSA) is 72.9 Å². The van der Waals surface area contributed by atoms with Gasteiger partial charge in [-0.25, -0.2) is 0 Å². The Kier molecular flexibility index (Phi) is 5.45. The van der Waals surface area contributed by atoms with Gasteiger partial charge in [0.25, 0.3) is 10.2 Å². The molecule has 2 aliphatic heterocycles. The molecule has 9 heteroatoms. The minimum absolute atomic E-state index is 0.465. The van der Waals surface area contributed by atoms with Crippen molar-refractivity contribution < 1.29 is 8.42 Å². The lowest BCUT2D eigenvalue weighted by molar-refractivity contribution is 0.354. The second-order valence-electron chi connectivity index (χ2n) is 6.96. The van der Waals surface area contributed by atoms with E-state index in [1.807, 2.05) is 12.1 Å². The van der Waals surface area contributed by atoms with Crippen LogP contribution in [0, 0.1) is 0 Å². The summed E-state index contributed by atoms with van der Waals surface area (Å²) in [5, 5.41) is 8.81. The summed E-state index contributed by atoms with van der Waals surface area (Å²) in [7, 11) is -0.210. The molecule has 0 aromatic carbocycles. The SMILES string of the molecule is CC1CCCCN1c1ccc(N2CCN(S(=O)(=O)N(C)C)CC2)nn1. The summed E-state index contributed by atoms with van der Waals surface area (Å²) in [6.07, 6.45) is 3.69. The molecule has 0 aliphatic carbocycles. The van der Waals surface area contributed by atoms with Crippen LogP contribution < -0.4 is 9.80 Å². The molecule has 0 spiro atoms. The van der Waals surface area contributed by atoms with E-state index in [4.69, 9.17) is 0 Å². The van der Waals surface area contributed by atoms with Crippen LogP contribution in [0.4, 0.5) is 11.6 Å². The fourth-order valence-corrected chi connectivity index (χ4v) is 4.54. The maximum atomic E-state index is 12.2. The quantitative estimate of drug-likeness (QED) is 0.782. The number of aromatic nitrogens is 2. The lowest BCUT2D eigenvalue weighted by atomic mass is 10.0. The maximum Gasteiger partial charge on any atom is 0.281 e. The van der Waals surface area contributed by atoms with Crippen molar-refractivity contribution in [3.05, 3.63) is 12.1 Å². The number of rotatable bonds is 4. The molecular weight excluding hydrogens is 340 g/mol. The predicted molar refractivity (Wildman–Crippen MR) is 99.1 cm³/mol. The van der Waals surface area contributed by atoms with E-state index in [0.29, 0.717) is 32.2 Å². The summed E-state index contributed by atoms with van der Waals surface area (Å²) in [6, 6.07) is 4.54. The van der Waals surface area contributed by atoms with Crippen LogP contribution in [0.3, 0.4) is 0 Å². The second-order valence-corrected chi connectivity index (χ2v) is 9.11. The van der Waals surface area contributed by atoms with Gasteiger partial charge >= 0.3 is 0 Å². The van der Waals surface area contributed by atoms with Crippen LogP contribution in [0.5, 0.6) is 0 Å². The molecule has 1 atom stereocenters. The molecule has 0 saturated carbocycles. The molecule has 0 radical (unpaired) electrons. The average Bonchev–Trinajstić information content (AvgIpc) is 2.62. The van der Waals surface area contributed by atoms with Crippen LogP contribution in [0.1, 0.15) is 26.2 Å². The van der Waals surface area contributed by atoms with Crippen LogP contribution in [-0.4, -0.2) is 80.1 Å². The van der Waals surface area contributed by atoms with Crippen LogP contribution in [0.25, 0.3) is 0 Å². The number of hydrogen-bond donors (Lipinski definition) is 0. The van der Waals surface area contributed by atoms with E-state index in [0.717, 1.165) is 18.2 Å². The molecule has 25 heavy (non-hydrogen) atoms. The van der Waals surface area contributed by atoms with Gasteiger partial charge in [0.2, 0.25) is 0 Å². The highest BCUT2D eigenvalue weighted by Crippen LogP contribution is 2.24.